The molecule has 1 fully saturated rings. The normalized spacial score (nSPS) is 17.0. The van der Waals surface area contributed by atoms with E-state index >= 15 is 0 Å². The molecule has 0 aliphatic heterocycles. The van der Waals surface area contributed by atoms with Crippen molar-refractivity contribution in [3.63, 3.8) is 0 Å². The Morgan fingerprint density at radius 3 is 2.42 bits per heavy atom. The zero-order valence-electron chi connectivity index (χ0n) is 16.5. The largest absolute Gasteiger partial charge is 0.421 e. The summed E-state index contributed by atoms with van der Waals surface area (Å²) in [7, 11) is 0. The summed E-state index contributed by atoms with van der Waals surface area (Å²) in [5, 5.41) is 4.14. The van der Waals surface area contributed by atoms with Gasteiger partial charge in [-0.05, 0) is 31.0 Å². The van der Waals surface area contributed by atoms with Crippen LogP contribution in [0.25, 0.3) is 5.95 Å². The standard InChI is InChI=1S/C20H19F3N6O2/c1-13(16-26-12-29(27-16)18-24-10-5-11-25-18)19(15-8-9-15,20(21,22)23)31-28-17(30)14-6-3-2-4-7-14/h2-7,10-13,15H,8-9H2,1H3,(H,28,30). The summed E-state index contributed by atoms with van der Waals surface area (Å²) < 4.78 is 44.5. The molecule has 1 aromatic carbocycles. The van der Waals surface area contributed by atoms with Crippen LogP contribution in [0.5, 0.6) is 0 Å². The Bertz CT molecular complexity index is 1040. The number of carbonyl (C=O) groups excluding carboxylic acids is 1. The average Bonchev–Trinajstić information content (AvgIpc) is 3.49. The number of alkyl halides is 3. The second-order valence-corrected chi connectivity index (χ2v) is 7.28. The maximum atomic E-state index is 14.4. The third-order valence-corrected chi connectivity index (χ3v) is 5.27. The molecule has 162 valence electrons. The lowest BCUT2D eigenvalue weighted by Crippen LogP contribution is -2.57. The van der Waals surface area contributed by atoms with E-state index in [4.69, 9.17) is 4.84 Å². The van der Waals surface area contributed by atoms with Crippen LogP contribution in [0.15, 0.2) is 55.1 Å². The molecule has 0 bridgehead atoms. The second kappa shape index (κ2) is 8.06. The number of nitrogens with one attached hydrogen (secondary N) is 1. The zero-order chi connectivity index (χ0) is 22.1. The van der Waals surface area contributed by atoms with E-state index in [0.29, 0.717) is 12.8 Å². The highest BCUT2D eigenvalue weighted by molar-refractivity contribution is 5.93. The molecule has 2 unspecified atom stereocenters. The highest BCUT2D eigenvalue weighted by Gasteiger charge is 2.68. The van der Waals surface area contributed by atoms with Crippen LogP contribution >= 0.6 is 0 Å². The number of nitrogens with zero attached hydrogens (tertiary/aromatic N) is 5. The topological polar surface area (TPSA) is 94.8 Å². The highest BCUT2D eigenvalue weighted by atomic mass is 19.4. The number of carbonyl (C=O) groups is 1. The van der Waals surface area contributed by atoms with Crippen molar-refractivity contribution in [3.05, 3.63) is 66.5 Å². The summed E-state index contributed by atoms with van der Waals surface area (Å²) in [5.41, 5.74) is -0.483. The average molecular weight is 432 g/mol. The fraction of sp³-hybridized carbons (Fsp3) is 0.350. The Hall–Kier alpha value is -3.34. The van der Waals surface area contributed by atoms with Gasteiger partial charge in [-0.25, -0.2) is 20.4 Å². The van der Waals surface area contributed by atoms with Crippen LogP contribution in [0, 0.1) is 5.92 Å². The van der Waals surface area contributed by atoms with E-state index in [1.807, 2.05) is 5.48 Å². The van der Waals surface area contributed by atoms with Gasteiger partial charge in [0.1, 0.15) is 6.33 Å². The Balaban J connectivity index is 1.63. The van der Waals surface area contributed by atoms with Crippen LogP contribution < -0.4 is 5.48 Å². The summed E-state index contributed by atoms with van der Waals surface area (Å²) in [6.45, 7) is 1.34. The number of hydrogen-bond donors (Lipinski definition) is 1. The smallest absolute Gasteiger partial charge is 0.267 e. The first kappa shape index (κ1) is 20.9. The van der Waals surface area contributed by atoms with Gasteiger partial charge in [0.15, 0.2) is 5.82 Å². The SMILES string of the molecule is CC(c1ncn(-c2ncccn2)n1)C(ONC(=O)c1ccccc1)(C1CC1)C(F)(F)F. The maximum Gasteiger partial charge on any atom is 0.421 e. The van der Waals surface area contributed by atoms with E-state index in [9.17, 15) is 18.0 Å². The Morgan fingerprint density at radius 1 is 1.13 bits per heavy atom. The quantitative estimate of drug-likeness (QED) is 0.576. The van der Waals surface area contributed by atoms with Gasteiger partial charge in [-0.15, -0.1) is 5.10 Å². The number of rotatable bonds is 7. The van der Waals surface area contributed by atoms with Crippen molar-refractivity contribution in [3.8, 4) is 5.95 Å². The predicted molar refractivity (Wildman–Crippen MR) is 102 cm³/mol. The van der Waals surface area contributed by atoms with Crippen molar-refractivity contribution in [1.82, 2.24) is 30.2 Å². The van der Waals surface area contributed by atoms with E-state index in [1.54, 1.807) is 24.3 Å². The van der Waals surface area contributed by atoms with Crippen LogP contribution in [0.3, 0.4) is 0 Å². The number of halogens is 3. The van der Waals surface area contributed by atoms with Gasteiger partial charge in [-0.2, -0.15) is 17.9 Å². The molecule has 0 spiro atoms. The Kier molecular flexibility index (Phi) is 5.44. The van der Waals surface area contributed by atoms with Crippen LogP contribution in [-0.2, 0) is 4.84 Å². The number of amides is 1. The van der Waals surface area contributed by atoms with Crippen LogP contribution in [-0.4, -0.2) is 42.4 Å². The molecule has 31 heavy (non-hydrogen) atoms. The molecular formula is C20H19F3N6O2. The van der Waals surface area contributed by atoms with Gasteiger partial charge < -0.3 is 0 Å². The summed E-state index contributed by atoms with van der Waals surface area (Å²) >= 11 is 0. The molecule has 1 amide bonds. The molecule has 1 saturated carbocycles. The molecule has 4 rings (SSSR count). The molecule has 3 aromatic rings. The van der Waals surface area contributed by atoms with E-state index < -0.39 is 29.5 Å². The van der Waals surface area contributed by atoms with Gasteiger partial charge in [0.25, 0.3) is 11.9 Å². The van der Waals surface area contributed by atoms with E-state index in [1.165, 1.54) is 42.5 Å². The molecule has 11 heteroatoms. The van der Waals surface area contributed by atoms with Crippen LogP contribution in [0.4, 0.5) is 13.2 Å². The number of hydroxylamine groups is 1. The lowest BCUT2D eigenvalue weighted by atomic mass is 9.82. The van der Waals surface area contributed by atoms with Crippen molar-refractivity contribution in [2.75, 3.05) is 0 Å². The monoisotopic (exact) mass is 432 g/mol. The van der Waals surface area contributed by atoms with E-state index in [-0.39, 0.29) is 17.3 Å². The number of aromatic nitrogens is 5. The minimum absolute atomic E-state index is 0.0920. The molecule has 2 aromatic heterocycles. The third-order valence-electron chi connectivity index (χ3n) is 5.27. The highest BCUT2D eigenvalue weighted by Crippen LogP contribution is 2.56. The van der Waals surface area contributed by atoms with E-state index in [0.717, 1.165) is 0 Å². The van der Waals surface area contributed by atoms with Crippen LogP contribution in [0.2, 0.25) is 0 Å². The minimum Gasteiger partial charge on any atom is -0.267 e. The first-order valence-electron chi connectivity index (χ1n) is 9.62. The molecule has 0 radical (unpaired) electrons. The molecule has 2 heterocycles. The third kappa shape index (κ3) is 4.00. The molecular weight excluding hydrogens is 413 g/mol. The van der Waals surface area contributed by atoms with Crippen molar-refractivity contribution >= 4 is 5.91 Å². The van der Waals surface area contributed by atoms with Gasteiger partial charge >= 0.3 is 6.18 Å². The van der Waals surface area contributed by atoms with Crippen molar-refractivity contribution in [1.29, 1.82) is 0 Å². The summed E-state index contributed by atoms with van der Waals surface area (Å²) in [4.78, 5) is 29.6. The van der Waals surface area contributed by atoms with E-state index in [2.05, 4.69) is 20.1 Å². The number of hydrogen-bond acceptors (Lipinski definition) is 6. The Labute approximate surface area is 175 Å². The van der Waals surface area contributed by atoms with Gasteiger partial charge in [0, 0.05) is 23.9 Å². The van der Waals surface area contributed by atoms with Gasteiger partial charge in [0.05, 0.1) is 5.92 Å². The maximum absolute atomic E-state index is 14.4. The molecule has 1 aliphatic carbocycles. The summed E-state index contributed by atoms with van der Waals surface area (Å²) in [5.74, 6) is -2.82. The van der Waals surface area contributed by atoms with Crippen molar-refractivity contribution in [2.24, 2.45) is 5.92 Å². The lowest BCUT2D eigenvalue weighted by molar-refractivity contribution is -0.307. The van der Waals surface area contributed by atoms with Gasteiger partial charge in [0.2, 0.25) is 5.60 Å². The van der Waals surface area contributed by atoms with Crippen molar-refractivity contribution < 1.29 is 22.8 Å². The molecule has 8 nitrogen and oxygen atoms in total. The predicted octanol–water partition coefficient (Wildman–Crippen LogP) is 3.23. The molecule has 0 saturated heterocycles. The summed E-state index contributed by atoms with van der Waals surface area (Å²) in [6.07, 6.45) is 0.0597. The first-order chi connectivity index (χ1) is 14.8. The summed E-state index contributed by atoms with van der Waals surface area (Å²) in [6, 6.07) is 9.49. The minimum atomic E-state index is -4.79. The zero-order valence-corrected chi connectivity index (χ0v) is 16.5. The fourth-order valence-electron chi connectivity index (χ4n) is 3.52. The second-order valence-electron chi connectivity index (χ2n) is 7.28. The fourth-order valence-corrected chi connectivity index (χ4v) is 3.52. The van der Waals surface area contributed by atoms with Crippen molar-refractivity contribution in [2.45, 2.75) is 37.5 Å². The number of benzene rings is 1. The lowest BCUT2D eigenvalue weighted by Gasteiger charge is -2.38. The van der Waals surface area contributed by atoms with Crippen LogP contribution in [0.1, 0.15) is 41.9 Å². The van der Waals surface area contributed by atoms with Gasteiger partial charge in [-0.1, -0.05) is 25.1 Å². The molecule has 2 atom stereocenters. The Morgan fingerprint density at radius 2 is 1.81 bits per heavy atom. The first-order valence-corrected chi connectivity index (χ1v) is 9.62. The molecule has 1 N–H and O–H groups in total. The molecule has 1 aliphatic rings. The van der Waals surface area contributed by atoms with Gasteiger partial charge in [-0.3, -0.25) is 9.63 Å².